The largest absolute Gasteiger partial charge is 0.354 e. The van der Waals surface area contributed by atoms with Crippen LogP contribution in [0.5, 0.6) is 0 Å². The van der Waals surface area contributed by atoms with Crippen LogP contribution < -0.4 is 11.1 Å². The van der Waals surface area contributed by atoms with Crippen LogP contribution in [0.2, 0.25) is 0 Å². The van der Waals surface area contributed by atoms with E-state index in [1.54, 1.807) is 11.3 Å². The summed E-state index contributed by atoms with van der Waals surface area (Å²) >= 11 is 1.68. The Morgan fingerprint density at radius 3 is 2.57 bits per heavy atom. The summed E-state index contributed by atoms with van der Waals surface area (Å²) < 4.78 is 0. The molecule has 4 nitrogen and oxygen atoms in total. The van der Waals surface area contributed by atoms with Gasteiger partial charge in [-0.15, -0.1) is 36.2 Å². The van der Waals surface area contributed by atoms with Crippen LogP contribution in [0.1, 0.15) is 23.2 Å². The Hall–Kier alpha value is -1.14. The molecule has 2 rings (SSSR count). The van der Waals surface area contributed by atoms with Crippen molar-refractivity contribution in [2.75, 3.05) is 6.54 Å². The number of amides is 1. The Morgan fingerprint density at radius 1 is 1.30 bits per heavy atom. The number of rotatable bonds is 6. The number of aromatic nitrogens is 1. The average Bonchev–Trinajstić information content (AvgIpc) is 2.88. The summed E-state index contributed by atoms with van der Waals surface area (Å²) in [6.07, 6.45) is 1.39. The van der Waals surface area contributed by atoms with Gasteiger partial charge < -0.3 is 11.1 Å². The van der Waals surface area contributed by atoms with Gasteiger partial charge in [0.25, 0.3) is 0 Å². The maximum Gasteiger partial charge on any atom is 0.236 e. The lowest BCUT2D eigenvalue weighted by Crippen LogP contribution is -2.40. The number of thiazole rings is 1. The molecule has 1 amide bonds. The lowest BCUT2D eigenvalue weighted by molar-refractivity contribution is -0.122. The zero-order valence-electron chi connectivity index (χ0n) is 13.2. The summed E-state index contributed by atoms with van der Waals surface area (Å²) in [4.78, 5) is 17.5. The molecule has 3 N–H and O–H groups in total. The van der Waals surface area contributed by atoms with E-state index in [2.05, 4.69) is 29.4 Å². The Kier molecular flexibility index (Phi) is 10.1. The molecule has 1 heterocycles. The van der Waals surface area contributed by atoms with E-state index in [1.807, 2.05) is 25.1 Å². The zero-order valence-corrected chi connectivity index (χ0v) is 15.7. The summed E-state index contributed by atoms with van der Waals surface area (Å²) in [5.41, 5.74) is 7.84. The van der Waals surface area contributed by atoms with Gasteiger partial charge in [0.2, 0.25) is 5.91 Å². The zero-order chi connectivity index (χ0) is 15.2. The van der Waals surface area contributed by atoms with Gasteiger partial charge in [0.1, 0.15) is 0 Å². The lowest BCUT2D eigenvalue weighted by atomic mass is 10.1. The summed E-state index contributed by atoms with van der Waals surface area (Å²) in [5, 5.41) is 3.89. The molecular formula is C16H23Cl2N3OS. The van der Waals surface area contributed by atoms with Gasteiger partial charge in [-0.25, -0.2) is 4.98 Å². The first-order valence-electron chi connectivity index (χ1n) is 7.16. The highest BCUT2D eigenvalue weighted by molar-refractivity contribution is 7.12. The molecule has 2 aromatic rings. The van der Waals surface area contributed by atoms with Gasteiger partial charge in [0, 0.05) is 23.4 Å². The van der Waals surface area contributed by atoms with E-state index in [0.29, 0.717) is 13.0 Å². The van der Waals surface area contributed by atoms with Crippen molar-refractivity contribution in [2.45, 2.75) is 32.7 Å². The molecule has 0 radical (unpaired) electrons. The van der Waals surface area contributed by atoms with Crippen molar-refractivity contribution in [3.05, 3.63) is 40.2 Å². The summed E-state index contributed by atoms with van der Waals surface area (Å²) in [6.45, 7) is 4.56. The van der Waals surface area contributed by atoms with Crippen molar-refractivity contribution in [1.82, 2.24) is 10.3 Å². The number of carbonyl (C=O) groups is 1. The van der Waals surface area contributed by atoms with Gasteiger partial charge in [-0.3, -0.25) is 4.79 Å². The van der Waals surface area contributed by atoms with Gasteiger partial charge in [0.05, 0.1) is 16.7 Å². The van der Waals surface area contributed by atoms with Crippen LogP contribution >= 0.6 is 36.2 Å². The molecule has 0 aliphatic rings. The standard InChI is InChI=1S/C16H21N3OS.2ClH/c1-3-13(17)16(20)18-10-9-14-19-15(11(2)21-14)12-7-5-4-6-8-12;;/h4-8,13H,3,9-10,17H2,1-2H3,(H,18,20);2*1H/t13-;;/m0../s1. The van der Waals surface area contributed by atoms with Crippen LogP contribution in [0.3, 0.4) is 0 Å². The topological polar surface area (TPSA) is 68.0 Å². The van der Waals surface area contributed by atoms with Gasteiger partial charge in [-0.05, 0) is 13.3 Å². The molecule has 0 spiro atoms. The van der Waals surface area contributed by atoms with Gasteiger partial charge in [0.15, 0.2) is 0 Å². The van der Waals surface area contributed by atoms with Crippen molar-refractivity contribution < 1.29 is 4.79 Å². The Morgan fingerprint density at radius 2 is 1.96 bits per heavy atom. The van der Waals surface area contributed by atoms with E-state index in [-0.39, 0.29) is 30.7 Å². The molecule has 0 aliphatic heterocycles. The predicted molar refractivity (Wildman–Crippen MR) is 102 cm³/mol. The molecule has 23 heavy (non-hydrogen) atoms. The van der Waals surface area contributed by atoms with E-state index in [0.717, 1.165) is 22.7 Å². The van der Waals surface area contributed by atoms with Gasteiger partial charge in [-0.1, -0.05) is 37.3 Å². The summed E-state index contributed by atoms with van der Waals surface area (Å²) in [6, 6.07) is 9.74. The van der Waals surface area contributed by atoms with Crippen LogP contribution in [0.4, 0.5) is 0 Å². The minimum absolute atomic E-state index is 0. The maximum atomic E-state index is 11.6. The fourth-order valence-electron chi connectivity index (χ4n) is 2.03. The molecular weight excluding hydrogens is 353 g/mol. The van der Waals surface area contributed by atoms with Gasteiger partial charge >= 0.3 is 0 Å². The first-order valence-corrected chi connectivity index (χ1v) is 7.98. The third-order valence-corrected chi connectivity index (χ3v) is 4.33. The molecule has 1 aromatic carbocycles. The molecule has 0 bridgehead atoms. The second kappa shape index (κ2) is 10.6. The van der Waals surface area contributed by atoms with E-state index >= 15 is 0 Å². The Balaban J connectivity index is 0.00000242. The number of nitrogens with two attached hydrogens (primary N) is 1. The second-order valence-corrected chi connectivity index (χ2v) is 6.22. The maximum absolute atomic E-state index is 11.6. The van der Waals surface area contributed by atoms with Crippen molar-refractivity contribution >= 4 is 42.1 Å². The number of halogens is 2. The van der Waals surface area contributed by atoms with Crippen LogP contribution in [0, 0.1) is 6.92 Å². The predicted octanol–water partition coefficient (Wildman–Crippen LogP) is 3.36. The van der Waals surface area contributed by atoms with E-state index < -0.39 is 6.04 Å². The molecule has 0 unspecified atom stereocenters. The third kappa shape index (κ3) is 6.11. The minimum atomic E-state index is -0.414. The first-order chi connectivity index (χ1) is 10.1. The fraction of sp³-hybridized carbons (Fsp3) is 0.375. The fourth-order valence-corrected chi connectivity index (χ4v) is 2.99. The molecule has 0 aliphatic carbocycles. The van der Waals surface area contributed by atoms with Crippen molar-refractivity contribution in [2.24, 2.45) is 5.73 Å². The molecule has 128 valence electrons. The third-order valence-electron chi connectivity index (χ3n) is 3.30. The van der Waals surface area contributed by atoms with E-state index in [4.69, 9.17) is 5.73 Å². The van der Waals surface area contributed by atoms with Crippen molar-refractivity contribution in [3.8, 4) is 11.3 Å². The van der Waals surface area contributed by atoms with Crippen LogP contribution in [-0.2, 0) is 11.2 Å². The molecule has 1 aromatic heterocycles. The smallest absolute Gasteiger partial charge is 0.236 e. The van der Waals surface area contributed by atoms with Crippen molar-refractivity contribution in [3.63, 3.8) is 0 Å². The highest BCUT2D eigenvalue weighted by Gasteiger charge is 2.12. The number of nitrogens with zero attached hydrogens (tertiary/aromatic N) is 1. The van der Waals surface area contributed by atoms with E-state index in [1.165, 1.54) is 4.88 Å². The number of hydrogen-bond acceptors (Lipinski definition) is 4. The van der Waals surface area contributed by atoms with Crippen LogP contribution in [0.25, 0.3) is 11.3 Å². The van der Waals surface area contributed by atoms with Crippen LogP contribution in [-0.4, -0.2) is 23.5 Å². The highest BCUT2D eigenvalue weighted by atomic mass is 35.5. The Bertz CT molecular complexity index is 605. The number of carbonyl (C=O) groups excluding carboxylic acids is 1. The van der Waals surface area contributed by atoms with Crippen molar-refractivity contribution in [1.29, 1.82) is 0 Å². The molecule has 7 heteroatoms. The average molecular weight is 376 g/mol. The monoisotopic (exact) mass is 375 g/mol. The number of nitrogens with one attached hydrogen (secondary N) is 1. The SMILES string of the molecule is CC[C@H](N)C(=O)NCCc1nc(-c2ccccc2)c(C)s1.Cl.Cl. The normalized spacial score (nSPS) is 11.1. The Labute approximate surface area is 153 Å². The van der Waals surface area contributed by atoms with E-state index in [9.17, 15) is 4.79 Å². The second-order valence-electron chi connectivity index (χ2n) is 4.93. The quantitative estimate of drug-likeness (QED) is 0.812. The minimum Gasteiger partial charge on any atom is -0.354 e. The highest BCUT2D eigenvalue weighted by Crippen LogP contribution is 2.27. The summed E-state index contributed by atoms with van der Waals surface area (Å²) in [7, 11) is 0. The number of benzene rings is 1. The molecule has 1 atom stereocenters. The van der Waals surface area contributed by atoms with Crippen LogP contribution in [0.15, 0.2) is 30.3 Å². The molecule has 0 saturated carbocycles. The van der Waals surface area contributed by atoms with Gasteiger partial charge in [-0.2, -0.15) is 0 Å². The molecule has 0 fully saturated rings. The first kappa shape index (κ1) is 21.9. The number of aryl methyl sites for hydroxylation is 1. The number of hydrogen-bond donors (Lipinski definition) is 2. The lowest BCUT2D eigenvalue weighted by Gasteiger charge is -2.08. The summed E-state index contributed by atoms with van der Waals surface area (Å²) in [5.74, 6) is -0.0888. The molecule has 0 saturated heterocycles.